The first-order valence-electron chi connectivity index (χ1n) is 10.2. The Balaban J connectivity index is 1.45. The zero-order valence-corrected chi connectivity index (χ0v) is 17.1. The van der Waals surface area contributed by atoms with Crippen LogP contribution in [0.1, 0.15) is 23.2 Å². The Bertz CT molecular complexity index is 1120. The molecule has 0 spiro atoms. The van der Waals surface area contributed by atoms with E-state index in [1.807, 2.05) is 0 Å². The van der Waals surface area contributed by atoms with Crippen molar-refractivity contribution in [1.82, 2.24) is 9.88 Å². The molecule has 0 aliphatic carbocycles. The monoisotopic (exact) mass is 437 g/mol. The van der Waals surface area contributed by atoms with Crippen LogP contribution < -0.4 is 10.1 Å². The highest BCUT2D eigenvalue weighted by Crippen LogP contribution is 2.30. The number of hydrogen-bond acceptors (Lipinski definition) is 4. The summed E-state index contributed by atoms with van der Waals surface area (Å²) in [5.74, 6) is -1.88. The minimum absolute atomic E-state index is 0.117. The zero-order chi connectivity index (χ0) is 22.5. The van der Waals surface area contributed by atoms with Crippen LogP contribution in [0.4, 0.5) is 14.5 Å². The van der Waals surface area contributed by atoms with Crippen LogP contribution in [0.3, 0.4) is 0 Å². The van der Waals surface area contributed by atoms with Crippen LogP contribution in [0, 0.1) is 17.6 Å². The van der Waals surface area contributed by atoms with E-state index in [1.54, 1.807) is 48.8 Å². The van der Waals surface area contributed by atoms with Gasteiger partial charge in [-0.2, -0.15) is 0 Å². The Labute approximate surface area is 183 Å². The van der Waals surface area contributed by atoms with Gasteiger partial charge in [-0.1, -0.05) is 12.1 Å². The quantitative estimate of drug-likeness (QED) is 0.631. The molecule has 8 heteroatoms. The first kappa shape index (κ1) is 21.4. The van der Waals surface area contributed by atoms with Crippen molar-refractivity contribution in [3.05, 3.63) is 84.2 Å². The maximum absolute atomic E-state index is 14.0. The fourth-order valence-electron chi connectivity index (χ4n) is 3.64. The zero-order valence-electron chi connectivity index (χ0n) is 17.1. The molecule has 1 N–H and O–H groups in total. The molecule has 1 unspecified atom stereocenters. The third kappa shape index (κ3) is 4.91. The standard InChI is InChI=1S/C24H21F2N3O3/c25-17-9-10-20(26)19(13-17)24(31)29-12-4-5-16(15-29)23(30)28-21-7-1-2-8-22(21)32-18-6-3-11-27-14-18/h1-3,6-11,13-14,16H,4-5,12,15H2,(H,28,30). The Morgan fingerprint density at radius 3 is 2.75 bits per heavy atom. The average Bonchev–Trinajstić information content (AvgIpc) is 2.82. The molecular formula is C24H21F2N3O3. The number of nitrogens with one attached hydrogen (secondary N) is 1. The van der Waals surface area contributed by atoms with E-state index in [0.29, 0.717) is 36.6 Å². The smallest absolute Gasteiger partial charge is 0.256 e. The van der Waals surface area contributed by atoms with E-state index in [4.69, 9.17) is 4.74 Å². The highest BCUT2D eigenvalue weighted by molar-refractivity contribution is 5.97. The van der Waals surface area contributed by atoms with E-state index in [9.17, 15) is 18.4 Å². The molecule has 164 valence electrons. The van der Waals surface area contributed by atoms with E-state index in [-0.39, 0.29) is 18.0 Å². The number of aromatic nitrogens is 1. The maximum Gasteiger partial charge on any atom is 0.256 e. The predicted molar refractivity (Wildman–Crippen MR) is 114 cm³/mol. The number of carbonyl (C=O) groups excluding carboxylic acids is 2. The van der Waals surface area contributed by atoms with Crippen molar-refractivity contribution >= 4 is 17.5 Å². The fourth-order valence-corrected chi connectivity index (χ4v) is 3.64. The number of hydrogen-bond donors (Lipinski definition) is 1. The molecule has 1 aliphatic rings. The van der Waals surface area contributed by atoms with Gasteiger partial charge in [0.15, 0.2) is 5.75 Å². The van der Waals surface area contributed by atoms with Gasteiger partial charge in [0.2, 0.25) is 5.91 Å². The molecule has 3 aromatic rings. The average molecular weight is 437 g/mol. The lowest BCUT2D eigenvalue weighted by Gasteiger charge is -2.32. The van der Waals surface area contributed by atoms with Gasteiger partial charge < -0.3 is 15.0 Å². The number of halogens is 2. The Kier molecular flexibility index (Phi) is 6.39. The van der Waals surface area contributed by atoms with Crippen molar-refractivity contribution in [2.75, 3.05) is 18.4 Å². The summed E-state index contributed by atoms with van der Waals surface area (Å²) in [5, 5.41) is 2.86. The van der Waals surface area contributed by atoms with Gasteiger partial charge in [-0.3, -0.25) is 14.6 Å². The molecule has 0 bridgehead atoms. The van der Waals surface area contributed by atoms with Crippen LogP contribution in [0.25, 0.3) is 0 Å². The molecule has 6 nitrogen and oxygen atoms in total. The van der Waals surface area contributed by atoms with Gasteiger partial charge in [0.1, 0.15) is 17.4 Å². The normalized spacial score (nSPS) is 15.8. The molecule has 32 heavy (non-hydrogen) atoms. The SMILES string of the molecule is O=C(Nc1ccccc1Oc1cccnc1)C1CCCN(C(=O)c2cc(F)ccc2F)C1. The summed E-state index contributed by atoms with van der Waals surface area (Å²) in [6, 6.07) is 13.3. The third-order valence-corrected chi connectivity index (χ3v) is 5.25. The number of benzene rings is 2. The first-order chi connectivity index (χ1) is 15.5. The summed E-state index contributed by atoms with van der Waals surface area (Å²) < 4.78 is 33.3. The number of carbonyl (C=O) groups is 2. The number of amides is 2. The molecule has 2 aromatic carbocycles. The first-order valence-corrected chi connectivity index (χ1v) is 10.2. The molecule has 1 fully saturated rings. The van der Waals surface area contributed by atoms with E-state index in [0.717, 1.165) is 18.2 Å². The minimum Gasteiger partial charge on any atom is -0.454 e. The molecule has 0 radical (unpaired) electrons. The Hall–Kier alpha value is -3.81. The van der Waals surface area contributed by atoms with Crippen molar-refractivity contribution in [3.8, 4) is 11.5 Å². The van der Waals surface area contributed by atoms with E-state index in [1.165, 1.54) is 4.90 Å². The number of likely N-dealkylation sites (tertiary alicyclic amines) is 1. The summed E-state index contributed by atoms with van der Waals surface area (Å²) in [5.41, 5.74) is 0.155. The van der Waals surface area contributed by atoms with Gasteiger partial charge in [-0.15, -0.1) is 0 Å². The lowest BCUT2D eigenvalue weighted by Crippen LogP contribution is -2.44. The number of anilines is 1. The van der Waals surface area contributed by atoms with Crippen LogP contribution in [-0.4, -0.2) is 34.8 Å². The number of ether oxygens (including phenoxy) is 1. The summed E-state index contributed by atoms with van der Waals surface area (Å²) in [6.07, 6.45) is 4.35. The molecule has 4 rings (SSSR count). The molecule has 0 saturated carbocycles. The van der Waals surface area contributed by atoms with Crippen molar-refractivity contribution in [2.24, 2.45) is 5.92 Å². The highest BCUT2D eigenvalue weighted by atomic mass is 19.1. The van der Waals surface area contributed by atoms with E-state index in [2.05, 4.69) is 10.3 Å². The summed E-state index contributed by atoms with van der Waals surface area (Å²) in [7, 11) is 0. The second kappa shape index (κ2) is 9.55. The summed E-state index contributed by atoms with van der Waals surface area (Å²) >= 11 is 0. The molecule has 2 amide bonds. The van der Waals surface area contributed by atoms with Gasteiger partial charge in [0.05, 0.1) is 23.4 Å². The van der Waals surface area contributed by atoms with E-state index >= 15 is 0 Å². The van der Waals surface area contributed by atoms with Gasteiger partial charge >= 0.3 is 0 Å². The predicted octanol–water partition coefficient (Wildman–Crippen LogP) is 4.64. The second-order valence-corrected chi connectivity index (χ2v) is 7.49. The molecule has 1 aliphatic heterocycles. The van der Waals surface area contributed by atoms with Crippen LogP contribution in [0.2, 0.25) is 0 Å². The Morgan fingerprint density at radius 2 is 1.94 bits per heavy atom. The third-order valence-electron chi connectivity index (χ3n) is 5.25. The molecule has 2 heterocycles. The van der Waals surface area contributed by atoms with Crippen molar-refractivity contribution < 1.29 is 23.1 Å². The Morgan fingerprint density at radius 1 is 1.09 bits per heavy atom. The number of rotatable bonds is 5. The van der Waals surface area contributed by atoms with Gasteiger partial charge in [-0.05, 0) is 55.3 Å². The largest absolute Gasteiger partial charge is 0.454 e. The second-order valence-electron chi connectivity index (χ2n) is 7.49. The number of piperidine rings is 1. The highest BCUT2D eigenvalue weighted by Gasteiger charge is 2.30. The molecule has 1 atom stereocenters. The van der Waals surface area contributed by atoms with Crippen LogP contribution >= 0.6 is 0 Å². The maximum atomic E-state index is 14.0. The number of nitrogens with zero attached hydrogens (tertiary/aromatic N) is 2. The molecular weight excluding hydrogens is 416 g/mol. The lowest BCUT2D eigenvalue weighted by molar-refractivity contribution is -0.121. The molecule has 1 aromatic heterocycles. The summed E-state index contributed by atoms with van der Waals surface area (Å²) in [6.45, 7) is 0.492. The van der Waals surface area contributed by atoms with Gasteiger partial charge in [-0.25, -0.2) is 8.78 Å². The molecule has 1 saturated heterocycles. The van der Waals surface area contributed by atoms with Gasteiger partial charge in [0, 0.05) is 19.3 Å². The fraction of sp³-hybridized carbons (Fsp3) is 0.208. The van der Waals surface area contributed by atoms with Crippen LogP contribution in [-0.2, 0) is 4.79 Å². The van der Waals surface area contributed by atoms with Crippen LogP contribution in [0.5, 0.6) is 11.5 Å². The van der Waals surface area contributed by atoms with E-state index < -0.39 is 23.5 Å². The van der Waals surface area contributed by atoms with Crippen molar-refractivity contribution in [1.29, 1.82) is 0 Å². The topological polar surface area (TPSA) is 71.5 Å². The number of pyridine rings is 1. The minimum atomic E-state index is -0.788. The summed E-state index contributed by atoms with van der Waals surface area (Å²) in [4.78, 5) is 31.1. The van der Waals surface area contributed by atoms with Gasteiger partial charge in [0.25, 0.3) is 5.91 Å². The van der Waals surface area contributed by atoms with Crippen molar-refractivity contribution in [2.45, 2.75) is 12.8 Å². The number of para-hydroxylation sites is 2. The van der Waals surface area contributed by atoms with Crippen molar-refractivity contribution in [3.63, 3.8) is 0 Å². The lowest BCUT2D eigenvalue weighted by atomic mass is 9.96. The van der Waals surface area contributed by atoms with Crippen LogP contribution in [0.15, 0.2) is 67.0 Å².